The van der Waals surface area contributed by atoms with Crippen molar-refractivity contribution in [3.63, 3.8) is 0 Å². The summed E-state index contributed by atoms with van der Waals surface area (Å²) in [4.78, 5) is 6.96. The highest BCUT2D eigenvalue weighted by atomic mass is 19.1. The standard InChI is InChI=1S/C23H30F2N4O2/c1-2-26-23(28-16-22(30)19-5-3-4-6-20(19)25)27-15-21(29-11-13-31-14-12-29)17-7-9-18(24)10-8-17/h3-10,21-22,30H,2,11-16H2,1H3,(H2,26,27,28). The van der Waals surface area contributed by atoms with Crippen LogP contribution in [0.25, 0.3) is 0 Å². The number of aliphatic hydroxyl groups is 1. The van der Waals surface area contributed by atoms with E-state index in [0.29, 0.717) is 32.3 Å². The van der Waals surface area contributed by atoms with Gasteiger partial charge in [0.2, 0.25) is 0 Å². The Morgan fingerprint density at radius 1 is 1.10 bits per heavy atom. The van der Waals surface area contributed by atoms with E-state index in [9.17, 15) is 13.9 Å². The molecule has 0 saturated carbocycles. The molecule has 3 N–H and O–H groups in total. The van der Waals surface area contributed by atoms with Crippen molar-refractivity contribution in [1.82, 2.24) is 15.5 Å². The molecule has 1 fully saturated rings. The molecular formula is C23H30F2N4O2. The van der Waals surface area contributed by atoms with Gasteiger partial charge in [-0.15, -0.1) is 0 Å². The molecule has 1 aliphatic rings. The number of rotatable bonds is 8. The summed E-state index contributed by atoms with van der Waals surface area (Å²) in [7, 11) is 0. The summed E-state index contributed by atoms with van der Waals surface area (Å²) in [5, 5.41) is 16.6. The van der Waals surface area contributed by atoms with Crippen molar-refractivity contribution < 1.29 is 18.6 Å². The van der Waals surface area contributed by atoms with E-state index in [-0.39, 0.29) is 24.0 Å². The maximum Gasteiger partial charge on any atom is 0.191 e. The van der Waals surface area contributed by atoms with Crippen molar-refractivity contribution in [2.75, 3.05) is 45.9 Å². The lowest BCUT2D eigenvalue weighted by Crippen LogP contribution is -2.42. The molecule has 2 unspecified atom stereocenters. The molecule has 0 amide bonds. The Morgan fingerprint density at radius 2 is 1.81 bits per heavy atom. The zero-order valence-corrected chi connectivity index (χ0v) is 17.7. The maximum absolute atomic E-state index is 13.9. The van der Waals surface area contributed by atoms with Crippen LogP contribution in [0.2, 0.25) is 0 Å². The van der Waals surface area contributed by atoms with Gasteiger partial charge in [0, 0.05) is 31.7 Å². The van der Waals surface area contributed by atoms with Gasteiger partial charge in [-0.3, -0.25) is 9.89 Å². The van der Waals surface area contributed by atoms with Crippen molar-refractivity contribution in [1.29, 1.82) is 0 Å². The van der Waals surface area contributed by atoms with Crippen LogP contribution in [0.5, 0.6) is 0 Å². The number of guanidine groups is 1. The molecular weight excluding hydrogens is 402 g/mol. The second-order valence-electron chi connectivity index (χ2n) is 7.35. The first kappa shape index (κ1) is 23.1. The predicted octanol–water partition coefficient (Wildman–Crippen LogP) is 2.63. The molecule has 2 atom stereocenters. The van der Waals surface area contributed by atoms with Gasteiger partial charge in [-0.1, -0.05) is 30.3 Å². The van der Waals surface area contributed by atoms with Crippen LogP contribution in [0.1, 0.15) is 30.2 Å². The molecule has 3 rings (SSSR count). The Balaban J connectivity index is 1.70. The first-order chi connectivity index (χ1) is 15.1. The molecule has 0 aromatic heterocycles. The van der Waals surface area contributed by atoms with Gasteiger partial charge in [-0.05, 0) is 30.7 Å². The highest BCUT2D eigenvalue weighted by Crippen LogP contribution is 2.23. The van der Waals surface area contributed by atoms with Gasteiger partial charge in [0.1, 0.15) is 11.6 Å². The normalized spacial score (nSPS) is 17.2. The number of hydrogen-bond donors (Lipinski definition) is 3. The molecule has 6 nitrogen and oxygen atoms in total. The Kier molecular flexibility index (Phi) is 8.75. The Morgan fingerprint density at radius 3 is 2.48 bits per heavy atom. The van der Waals surface area contributed by atoms with E-state index in [2.05, 4.69) is 20.5 Å². The summed E-state index contributed by atoms with van der Waals surface area (Å²) < 4.78 is 32.8. The van der Waals surface area contributed by atoms with Crippen LogP contribution in [-0.2, 0) is 4.74 Å². The summed E-state index contributed by atoms with van der Waals surface area (Å²) >= 11 is 0. The molecule has 2 aromatic carbocycles. The summed E-state index contributed by atoms with van der Waals surface area (Å²) in [6, 6.07) is 12.6. The van der Waals surface area contributed by atoms with Gasteiger partial charge in [-0.2, -0.15) is 0 Å². The lowest BCUT2D eigenvalue weighted by Gasteiger charge is -2.34. The highest BCUT2D eigenvalue weighted by Gasteiger charge is 2.23. The van der Waals surface area contributed by atoms with Gasteiger partial charge in [-0.25, -0.2) is 8.78 Å². The monoisotopic (exact) mass is 432 g/mol. The second-order valence-corrected chi connectivity index (χ2v) is 7.35. The molecule has 168 valence electrons. The van der Waals surface area contributed by atoms with Crippen LogP contribution in [0.3, 0.4) is 0 Å². The topological polar surface area (TPSA) is 69.1 Å². The van der Waals surface area contributed by atoms with Crippen LogP contribution >= 0.6 is 0 Å². The summed E-state index contributed by atoms with van der Waals surface area (Å²) in [5.41, 5.74) is 1.22. The van der Waals surface area contributed by atoms with Crippen LogP contribution in [-0.4, -0.2) is 61.9 Å². The average Bonchev–Trinajstić information content (AvgIpc) is 2.79. The minimum absolute atomic E-state index is 0.0311. The van der Waals surface area contributed by atoms with Crippen molar-refractivity contribution >= 4 is 5.96 Å². The summed E-state index contributed by atoms with van der Waals surface area (Å²) in [6.45, 7) is 5.98. The molecule has 1 heterocycles. The van der Waals surface area contributed by atoms with Gasteiger partial charge in [0.05, 0.1) is 31.9 Å². The number of halogens is 2. The highest BCUT2D eigenvalue weighted by molar-refractivity contribution is 5.79. The molecule has 0 bridgehead atoms. The SMILES string of the molecule is CCNC(=NCC(c1ccc(F)cc1)N1CCOCC1)NCC(O)c1ccccc1F. The van der Waals surface area contributed by atoms with Crippen molar-refractivity contribution in [2.45, 2.75) is 19.1 Å². The van der Waals surface area contributed by atoms with E-state index in [1.165, 1.54) is 18.2 Å². The number of ether oxygens (including phenoxy) is 1. The number of benzene rings is 2. The van der Waals surface area contributed by atoms with Crippen molar-refractivity contribution in [3.8, 4) is 0 Å². The Labute approximate surface area is 181 Å². The predicted molar refractivity (Wildman–Crippen MR) is 117 cm³/mol. The van der Waals surface area contributed by atoms with Gasteiger partial charge >= 0.3 is 0 Å². The first-order valence-electron chi connectivity index (χ1n) is 10.6. The van der Waals surface area contributed by atoms with E-state index < -0.39 is 11.9 Å². The number of morpholine rings is 1. The number of aliphatic hydroxyl groups excluding tert-OH is 1. The molecule has 8 heteroatoms. The Hall–Kier alpha value is -2.55. The number of aliphatic imine (C=N–C) groups is 1. The second kappa shape index (κ2) is 11.7. The van der Waals surface area contributed by atoms with Crippen LogP contribution < -0.4 is 10.6 Å². The molecule has 2 aromatic rings. The Bertz CT molecular complexity index is 842. The first-order valence-corrected chi connectivity index (χ1v) is 10.6. The minimum Gasteiger partial charge on any atom is -0.386 e. The molecule has 0 radical (unpaired) electrons. The number of hydrogen-bond acceptors (Lipinski definition) is 4. The van der Waals surface area contributed by atoms with E-state index >= 15 is 0 Å². The maximum atomic E-state index is 13.9. The zero-order chi connectivity index (χ0) is 22.1. The largest absolute Gasteiger partial charge is 0.386 e. The smallest absolute Gasteiger partial charge is 0.191 e. The fraction of sp³-hybridized carbons (Fsp3) is 0.435. The van der Waals surface area contributed by atoms with Gasteiger partial charge < -0.3 is 20.5 Å². The average molecular weight is 433 g/mol. The van der Waals surface area contributed by atoms with Crippen LogP contribution in [0.15, 0.2) is 53.5 Å². The lowest BCUT2D eigenvalue weighted by atomic mass is 10.0. The molecule has 31 heavy (non-hydrogen) atoms. The van der Waals surface area contributed by atoms with Crippen molar-refractivity contribution in [3.05, 3.63) is 71.3 Å². The van der Waals surface area contributed by atoms with E-state index in [1.807, 2.05) is 6.92 Å². The zero-order valence-electron chi connectivity index (χ0n) is 17.7. The number of nitrogens with zero attached hydrogens (tertiary/aromatic N) is 2. The number of nitrogens with one attached hydrogen (secondary N) is 2. The molecule has 1 saturated heterocycles. The molecule has 1 aliphatic heterocycles. The fourth-order valence-electron chi connectivity index (χ4n) is 3.57. The lowest BCUT2D eigenvalue weighted by molar-refractivity contribution is 0.0179. The van der Waals surface area contributed by atoms with E-state index in [1.54, 1.807) is 30.3 Å². The quantitative estimate of drug-likeness (QED) is 0.442. The molecule has 0 spiro atoms. The fourth-order valence-corrected chi connectivity index (χ4v) is 3.57. The van der Waals surface area contributed by atoms with Gasteiger partial charge in [0.25, 0.3) is 0 Å². The molecule has 0 aliphatic carbocycles. The van der Waals surface area contributed by atoms with Crippen LogP contribution in [0.4, 0.5) is 8.78 Å². The van der Waals surface area contributed by atoms with Gasteiger partial charge in [0.15, 0.2) is 5.96 Å². The minimum atomic E-state index is -1.00. The summed E-state index contributed by atoms with van der Waals surface area (Å²) in [6.07, 6.45) is -1.00. The summed E-state index contributed by atoms with van der Waals surface area (Å²) in [5.74, 6) is -0.189. The third kappa shape index (κ3) is 6.72. The van der Waals surface area contributed by atoms with E-state index in [4.69, 9.17) is 4.74 Å². The van der Waals surface area contributed by atoms with Crippen LogP contribution in [0, 0.1) is 11.6 Å². The third-order valence-electron chi connectivity index (χ3n) is 5.23. The third-order valence-corrected chi connectivity index (χ3v) is 5.23. The van der Waals surface area contributed by atoms with E-state index in [0.717, 1.165) is 18.7 Å². The van der Waals surface area contributed by atoms with Crippen molar-refractivity contribution in [2.24, 2.45) is 4.99 Å².